The van der Waals surface area contributed by atoms with Crippen LogP contribution in [0.3, 0.4) is 0 Å². The van der Waals surface area contributed by atoms with Gasteiger partial charge in [-0.15, -0.1) is 0 Å². The molecule has 2 N–H and O–H groups in total. The second kappa shape index (κ2) is 7.34. The molecule has 0 spiro atoms. The number of carbonyl (C=O) groups excluding carboxylic acids is 2. The van der Waals surface area contributed by atoms with Gasteiger partial charge in [0, 0.05) is 26.3 Å². The Labute approximate surface area is 122 Å². The maximum absolute atomic E-state index is 11.6. The standard InChI is InChI=1S/C13H17N5O3/c1-14-11(12(20)16-9-19)8-10-2-3-15-13(17-10)18-4-6-21-7-5-18/h2-3,8-9,14H,4-7H2,1H3,(H,16,19,20)/b11-8-. The minimum atomic E-state index is -0.515. The molecule has 1 aliphatic rings. The molecule has 1 aromatic rings. The van der Waals surface area contributed by atoms with Crippen molar-refractivity contribution in [1.29, 1.82) is 0 Å². The van der Waals surface area contributed by atoms with E-state index in [1.54, 1.807) is 25.4 Å². The number of hydrogen-bond donors (Lipinski definition) is 2. The van der Waals surface area contributed by atoms with Crippen LogP contribution in [-0.4, -0.2) is 55.6 Å². The van der Waals surface area contributed by atoms with Crippen molar-refractivity contribution in [2.24, 2.45) is 0 Å². The Balaban J connectivity index is 2.19. The van der Waals surface area contributed by atoms with Crippen molar-refractivity contribution in [3.63, 3.8) is 0 Å². The molecule has 1 aliphatic heterocycles. The van der Waals surface area contributed by atoms with Crippen molar-refractivity contribution in [3.05, 3.63) is 23.7 Å². The van der Waals surface area contributed by atoms with Crippen LogP contribution in [0.2, 0.25) is 0 Å². The first-order valence-electron chi connectivity index (χ1n) is 6.54. The van der Waals surface area contributed by atoms with E-state index in [-0.39, 0.29) is 5.70 Å². The highest BCUT2D eigenvalue weighted by Gasteiger charge is 2.14. The molecule has 0 saturated carbocycles. The Morgan fingerprint density at radius 3 is 2.86 bits per heavy atom. The topological polar surface area (TPSA) is 96.4 Å². The number of nitrogens with zero attached hydrogens (tertiary/aromatic N) is 3. The fraction of sp³-hybridized carbons (Fsp3) is 0.385. The van der Waals surface area contributed by atoms with Gasteiger partial charge in [-0.25, -0.2) is 9.97 Å². The van der Waals surface area contributed by atoms with Gasteiger partial charge >= 0.3 is 0 Å². The monoisotopic (exact) mass is 291 g/mol. The summed E-state index contributed by atoms with van der Waals surface area (Å²) < 4.78 is 5.29. The largest absolute Gasteiger partial charge is 0.384 e. The van der Waals surface area contributed by atoms with Gasteiger partial charge < -0.3 is 15.0 Å². The lowest BCUT2D eigenvalue weighted by atomic mass is 10.3. The smallest absolute Gasteiger partial charge is 0.273 e. The summed E-state index contributed by atoms with van der Waals surface area (Å²) in [5.41, 5.74) is 0.825. The zero-order chi connectivity index (χ0) is 15.1. The number of morpholine rings is 1. The highest BCUT2D eigenvalue weighted by molar-refractivity contribution is 6.01. The van der Waals surface area contributed by atoms with Gasteiger partial charge in [0.25, 0.3) is 5.91 Å². The van der Waals surface area contributed by atoms with Crippen molar-refractivity contribution in [1.82, 2.24) is 20.6 Å². The van der Waals surface area contributed by atoms with E-state index in [4.69, 9.17) is 4.74 Å². The van der Waals surface area contributed by atoms with Gasteiger partial charge in [0.2, 0.25) is 12.4 Å². The van der Waals surface area contributed by atoms with Crippen molar-refractivity contribution >= 4 is 24.3 Å². The summed E-state index contributed by atoms with van der Waals surface area (Å²) in [6, 6.07) is 1.69. The van der Waals surface area contributed by atoms with Crippen LogP contribution in [0.5, 0.6) is 0 Å². The van der Waals surface area contributed by atoms with Crippen LogP contribution in [0.1, 0.15) is 5.69 Å². The lowest BCUT2D eigenvalue weighted by molar-refractivity contribution is -0.122. The van der Waals surface area contributed by atoms with E-state index in [1.807, 2.05) is 4.90 Å². The number of carbonyl (C=O) groups is 2. The molecule has 0 atom stereocenters. The lowest BCUT2D eigenvalue weighted by Crippen LogP contribution is -2.37. The van der Waals surface area contributed by atoms with Gasteiger partial charge in [0.05, 0.1) is 18.9 Å². The molecule has 0 unspecified atom stereocenters. The van der Waals surface area contributed by atoms with Crippen LogP contribution in [-0.2, 0) is 14.3 Å². The summed E-state index contributed by atoms with van der Waals surface area (Å²) in [5, 5.41) is 4.80. The number of imide groups is 1. The normalized spacial score (nSPS) is 15.5. The van der Waals surface area contributed by atoms with Gasteiger partial charge in [-0.05, 0) is 12.1 Å². The number of nitrogens with one attached hydrogen (secondary N) is 2. The molecule has 0 radical (unpaired) electrons. The first-order chi connectivity index (χ1) is 10.2. The Bertz CT molecular complexity index is 540. The fourth-order valence-corrected chi connectivity index (χ4v) is 1.89. The molecular weight excluding hydrogens is 274 g/mol. The third-order valence-electron chi connectivity index (χ3n) is 2.95. The molecule has 0 bridgehead atoms. The molecule has 1 saturated heterocycles. The second-order valence-corrected chi connectivity index (χ2v) is 4.28. The number of ether oxygens (including phenoxy) is 1. The van der Waals surface area contributed by atoms with E-state index in [2.05, 4.69) is 20.6 Å². The summed E-state index contributed by atoms with van der Waals surface area (Å²) >= 11 is 0. The van der Waals surface area contributed by atoms with Crippen LogP contribution in [0.4, 0.5) is 5.95 Å². The number of anilines is 1. The van der Waals surface area contributed by atoms with Gasteiger partial charge in [-0.1, -0.05) is 0 Å². The number of hydrogen-bond acceptors (Lipinski definition) is 7. The molecular formula is C13H17N5O3. The minimum Gasteiger partial charge on any atom is -0.384 e. The Kier molecular flexibility index (Phi) is 5.22. The lowest BCUT2D eigenvalue weighted by Gasteiger charge is -2.26. The maximum Gasteiger partial charge on any atom is 0.273 e. The van der Waals surface area contributed by atoms with Crippen LogP contribution >= 0.6 is 0 Å². The van der Waals surface area contributed by atoms with Gasteiger partial charge in [0.1, 0.15) is 5.70 Å². The zero-order valence-electron chi connectivity index (χ0n) is 11.7. The molecule has 1 aromatic heterocycles. The van der Waals surface area contributed by atoms with Crippen LogP contribution < -0.4 is 15.5 Å². The third-order valence-corrected chi connectivity index (χ3v) is 2.95. The SMILES string of the molecule is CN/C(=C\c1ccnc(N2CCOCC2)n1)C(=O)NC=O. The van der Waals surface area contributed by atoms with Gasteiger partial charge in [-0.2, -0.15) is 0 Å². The number of aromatic nitrogens is 2. The van der Waals surface area contributed by atoms with Crippen LogP contribution in [0.25, 0.3) is 6.08 Å². The first kappa shape index (κ1) is 14.9. The second-order valence-electron chi connectivity index (χ2n) is 4.28. The number of rotatable bonds is 5. The van der Waals surface area contributed by atoms with Gasteiger partial charge in [-0.3, -0.25) is 14.9 Å². The molecule has 21 heavy (non-hydrogen) atoms. The Morgan fingerprint density at radius 1 is 1.43 bits per heavy atom. The number of likely N-dealkylation sites (N-methyl/N-ethyl adjacent to an activating group) is 1. The van der Waals surface area contributed by atoms with Gasteiger partial charge in [0.15, 0.2) is 0 Å². The third kappa shape index (κ3) is 3.99. The minimum absolute atomic E-state index is 0.244. The molecule has 2 heterocycles. The Hall–Kier alpha value is -2.48. The molecule has 2 rings (SSSR count). The highest BCUT2D eigenvalue weighted by atomic mass is 16.5. The molecule has 1 fully saturated rings. The van der Waals surface area contributed by atoms with Crippen molar-refractivity contribution in [2.75, 3.05) is 38.3 Å². The summed E-state index contributed by atoms with van der Waals surface area (Å²) in [7, 11) is 1.60. The molecule has 0 aromatic carbocycles. The molecule has 2 amide bonds. The van der Waals surface area contributed by atoms with Crippen molar-refractivity contribution in [2.45, 2.75) is 0 Å². The van der Waals surface area contributed by atoms with E-state index in [9.17, 15) is 9.59 Å². The summed E-state index contributed by atoms with van der Waals surface area (Å²) in [4.78, 5) is 32.6. The van der Waals surface area contributed by atoms with E-state index < -0.39 is 5.91 Å². The fourth-order valence-electron chi connectivity index (χ4n) is 1.89. The predicted molar refractivity (Wildman–Crippen MR) is 76.3 cm³/mol. The average Bonchev–Trinajstić information content (AvgIpc) is 2.54. The van der Waals surface area contributed by atoms with E-state index in [0.717, 1.165) is 13.1 Å². The highest BCUT2D eigenvalue weighted by Crippen LogP contribution is 2.11. The Morgan fingerprint density at radius 2 is 2.19 bits per heavy atom. The quantitative estimate of drug-likeness (QED) is 0.538. The van der Waals surface area contributed by atoms with E-state index in [1.165, 1.54) is 0 Å². The summed E-state index contributed by atoms with van der Waals surface area (Å²) in [5.74, 6) is 0.0809. The van der Waals surface area contributed by atoms with Crippen LogP contribution in [0.15, 0.2) is 18.0 Å². The molecule has 8 nitrogen and oxygen atoms in total. The summed E-state index contributed by atoms with van der Waals surface area (Å²) in [6.45, 7) is 2.76. The maximum atomic E-state index is 11.6. The molecule has 112 valence electrons. The van der Waals surface area contributed by atoms with Crippen molar-refractivity contribution < 1.29 is 14.3 Å². The predicted octanol–water partition coefficient (Wildman–Crippen LogP) is -0.854. The van der Waals surface area contributed by atoms with E-state index >= 15 is 0 Å². The number of amides is 2. The van der Waals surface area contributed by atoms with Crippen molar-refractivity contribution in [3.8, 4) is 0 Å². The molecule has 0 aliphatic carbocycles. The zero-order valence-corrected chi connectivity index (χ0v) is 11.7. The van der Waals surface area contributed by atoms with E-state index in [0.29, 0.717) is 31.3 Å². The molecule has 8 heteroatoms. The first-order valence-corrected chi connectivity index (χ1v) is 6.54. The average molecular weight is 291 g/mol. The summed E-state index contributed by atoms with van der Waals surface area (Å²) in [6.07, 6.45) is 3.53. The van der Waals surface area contributed by atoms with Crippen LogP contribution in [0, 0.1) is 0 Å².